The van der Waals surface area contributed by atoms with Gasteiger partial charge < -0.3 is 37.6 Å². The molecule has 0 saturated heterocycles. The monoisotopic (exact) mass is 389 g/mol. The maximum Gasteiger partial charge on any atom is 0.328 e. The van der Waals surface area contributed by atoms with Gasteiger partial charge in [-0.05, 0) is 46.6 Å². The van der Waals surface area contributed by atoms with Gasteiger partial charge >= 0.3 is 5.97 Å². The zero-order chi connectivity index (χ0) is 21.1. The van der Waals surface area contributed by atoms with E-state index >= 15 is 0 Å². The van der Waals surface area contributed by atoms with Gasteiger partial charge in [0.2, 0.25) is 17.7 Å². The number of amides is 3. The number of carbonyl (C=O) groups is 4. The summed E-state index contributed by atoms with van der Waals surface area (Å²) in [6.45, 7) is 4.52. The van der Waals surface area contributed by atoms with Gasteiger partial charge in [-0.15, -0.1) is 0 Å². The third-order valence-electron chi connectivity index (χ3n) is 3.79. The lowest BCUT2D eigenvalue weighted by Crippen LogP contribution is -2.57. The lowest BCUT2D eigenvalue weighted by molar-refractivity contribution is -0.145. The van der Waals surface area contributed by atoms with Crippen molar-refractivity contribution in [3.8, 4) is 0 Å². The number of carboxylic acids is 1. The number of aliphatic carboxylic acids is 1. The highest BCUT2D eigenvalue weighted by atomic mass is 16.4. The molecule has 0 aromatic carbocycles. The van der Waals surface area contributed by atoms with Crippen LogP contribution in [0.15, 0.2) is 0 Å². The van der Waals surface area contributed by atoms with Gasteiger partial charge in [-0.2, -0.15) is 0 Å². The van der Waals surface area contributed by atoms with E-state index in [4.69, 9.17) is 16.6 Å². The Bertz CT molecular complexity index is 525. The second-order valence-corrected chi connectivity index (χ2v) is 6.43. The van der Waals surface area contributed by atoms with Crippen molar-refractivity contribution in [1.82, 2.24) is 16.0 Å². The molecule has 3 amide bonds. The minimum absolute atomic E-state index is 0.217. The first-order valence-corrected chi connectivity index (χ1v) is 8.78. The summed E-state index contributed by atoms with van der Waals surface area (Å²) in [5.41, 5.74) is 10.9. The molecule has 11 nitrogen and oxygen atoms in total. The minimum atomic E-state index is -1.51. The molecule has 0 spiro atoms. The van der Waals surface area contributed by atoms with E-state index < -0.39 is 54.0 Å². The first kappa shape index (κ1) is 24.8. The number of aliphatic hydroxyl groups is 1. The van der Waals surface area contributed by atoms with Gasteiger partial charge in [0.25, 0.3) is 0 Å². The average Bonchev–Trinajstić information content (AvgIpc) is 2.57. The quantitative estimate of drug-likeness (QED) is 0.176. The van der Waals surface area contributed by atoms with Crippen LogP contribution in [0.1, 0.15) is 40.0 Å². The molecule has 0 aromatic rings. The van der Waals surface area contributed by atoms with Crippen LogP contribution in [0.2, 0.25) is 0 Å². The summed E-state index contributed by atoms with van der Waals surface area (Å²) in [6.07, 6.45) is 0.0164. The number of unbranched alkanes of at least 4 members (excludes halogenated alkanes) is 1. The Kier molecular flexibility index (Phi) is 11.2. The molecule has 0 aromatic heterocycles. The molecule has 0 saturated carbocycles. The average molecular weight is 389 g/mol. The van der Waals surface area contributed by atoms with Gasteiger partial charge in [0, 0.05) is 0 Å². The first-order valence-electron chi connectivity index (χ1n) is 8.78. The van der Waals surface area contributed by atoms with E-state index in [2.05, 4.69) is 16.0 Å². The molecular formula is C16H31N5O6. The number of nitrogens with two attached hydrogens (primary N) is 2. The normalized spacial score (nSPS) is 16.4. The minimum Gasteiger partial charge on any atom is -0.480 e. The van der Waals surface area contributed by atoms with Crippen LogP contribution in [0, 0.1) is 0 Å². The van der Waals surface area contributed by atoms with Crippen LogP contribution in [0.3, 0.4) is 0 Å². The molecule has 0 heterocycles. The van der Waals surface area contributed by atoms with Crippen LogP contribution in [0.4, 0.5) is 0 Å². The number of rotatable bonds is 12. The van der Waals surface area contributed by atoms with Gasteiger partial charge in [-0.1, -0.05) is 0 Å². The lowest BCUT2D eigenvalue weighted by atomic mass is 10.1. The van der Waals surface area contributed by atoms with E-state index in [9.17, 15) is 24.3 Å². The second-order valence-electron chi connectivity index (χ2n) is 6.43. The molecule has 9 N–H and O–H groups in total. The summed E-state index contributed by atoms with van der Waals surface area (Å²) >= 11 is 0. The van der Waals surface area contributed by atoms with E-state index in [1.165, 1.54) is 20.8 Å². The Labute approximate surface area is 158 Å². The van der Waals surface area contributed by atoms with E-state index in [0.29, 0.717) is 19.4 Å². The summed E-state index contributed by atoms with van der Waals surface area (Å²) < 4.78 is 0. The molecule has 5 atom stereocenters. The highest BCUT2D eigenvalue weighted by Crippen LogP contribution is 2.04. The van der Waals surface area contributed by atoms with E-state index in [0.717, 1.165) is 0 Å². The predicted octanol–water partition coefficient (Wildman–Crippen LogP) is -2.60. The second kappa shape index (κ2) is 12.2. The van der Waals surface area contributed by atoms with Crippen molar-refractivity contribution in [3.63, 3.8) is 0 Å². The van der Waals surface area contributed by atoms with E-state index in [1.54, 1.807) is 0 Å². The van der Waals surface area contributed by atoms with Gasteiger partial charge in [0.05, 0.1) is 12.1 Å². The summed E-state index contributed by atoms with van der Waals surface area (Å²) in [6, 6.07) is -4.30. The Morgan fingerprint density at radius 3 is 1.96 bits per heavy atom. The molecule has 0 aliphatic rings. The molecule has 0 rings (SSSR count). The summed E-state index contributed by atoms with van der Waals surface area (Å²) in [4.78, 5) is 47.4. The molecule has 0 radical (unpaired) electrons. The topological polar surface area (TPSA) is 197 Å². The molecule has 0 bridgehead atoms. The summed E-state index contributed by atoms with van der Waals surface area (Å²) in [5.74, 6) is -3.30. The molecule has 5 unspecified atom stereocenters. The number of aliphatic hydroxyl groups excluding tert-OH is 1. The fraction of sp³-hybridized carbons (Fsp3) is 0.750. The van der Waals surface area contributed by atoms with Crippen molar-refractivity contribution < 1.29 is 29.4 Å². The third kappa shape index (κ3) is 9.31. The fourth-order valence-electron chi connectivity index (χ4n) is 2.11. The van der Waals surface area contributed by atoms with Crippen LogP contribution in [0.5, 0.6) is 0 Å². The molecular weight excluding hydrogens is 358 g/mol. The smallest absolute Gasteiger partial charge is 0.328 e. The van der Waals surface area contributed by atoms with Crippen LogP contribution < -0.4 is 27.4 Å². The summed E-state index contributed by atoms with van der Waals surface area (Å²) in [7, 11) is 0. The van der Waals surface area contributed by atoms with Gasteiger partial charge in [-0.25, -0.2) is 4.79 Å². The van der Waals surface area contributed by atoms with Crippen molar-refractivity contribution in [2.45, 2.75) is 70.3 Å². The van der Waals surface area contributed by atoms with Crippen molar-refractivity contribution in [3.05, 3.63) is 0 Å². The van der Waals surface area contributed by atoms with E-state index in [-0.39, 0.29) is 6.42 Å². The fourth-order valence-corrected chi connectivity index (χ4v) is 2.11. The molecule has 0 aliphatic carbocycles. The van der Waals surface area contributed by atoms with Crippen LogP contribution in [0.25, 0.3) is 0 Å². The largest absolute Gasteiger partial charge is 0.480 e. The van der Waals surface area contributed by atoms with Gasteiger partial charge in [0.15, 0.2) is 6.04 Å². The standard InChI is InChI=1S/C16H31N5O6/c1-8(18)13(23)19-9(2)14(24)20-11(6-4-5-7-17)15(25)21-12(10(3)22)16(26)27/h8-12,22H,4-7,17-18H2,1-3H3,(H,19,23)(H,20,24)(H,21,25)(H,26,27). The van der Waals surface area contributed by atoms with Gasteiger partial charge in [0.1, 0.15) is 12.1 Å². The highest BCUT2D eigenvalue weighted by molar-refractivity contribution is 5.93. The molecule has 0 aliphatic heterocycles. The molecule has 0 fully saturated rings. The summed E-state index contributed by atoms with van der Waals surface area (Å²) in [5, 5.41) is 25.7. The lowest BCUT2D eigenvalue weighted by Gasteiger charge is -2.24. The number of nitrogens with one attached hydrogen (secondary N) is 3. The molecule has 27 heavy (non-hydrogen) atoms. The number of carbonyl (C=O) groups excluding carboxylic acids is 3. The zero-order valence-electron chi connectivity index (χ0n) is 15.9. The van der Waals surface area contributed by atoms with Crippen molar-refractivity contribution in [2.75, 3.05) is 6.54 Å². The Balaban J connectivity index is 5.06. The van der Waals surface area contributed by atoms with Gasteiger partial charge in [-0.3, -0.25) is 14.4 Å². The van der Waals surface area contributed by atoms with Crippen LogP contribution >= 0.6 is 0 Å². The maximum absolute atomic E-state index is 12.4. The number of hydrogen-bond acceptors (Lipinski definition) is 7. The SMILES string of the molecule is CC(N)C(=O)NC(C)C(=O)NC(CCCCN)C(=O)NC(C(=O)O)C(C)O. The van der Waals surface area contributed by atoms with Crippen LogP contribution in [-0.4, -0.2) is 70.7 Å². The maximum atomic E-state index is 12.4. The van der Waals surface area contributed by atoms with E-state index in [1.807, 2.05) is 0 Å². The Morgan fingerprint density at radius 2 is 1.52 bits per heavy atom. The molecule has 156 valence electrons. The number of hydrogen-bond donors (Lipinski definition) is 7. The molecule has 11 heteroatoms. The Hall–Kier alpha value is -2.24. The van der Waals surface area contributed by atoms with Crippen molar-refractivity contribution >= 4 is 23.7 Å². The first-order chi connectivity index (χ1) is 12.5. The third-order valence-corrected chi connectivity index (χ3v) is 3.79. The van der Waals surface area contributed by atoms with Crippen LogP contribution in [-0.2, 0) is 19.2 Å². The Morgan fingerprint density at radius 1 is 0.926 bits per heavy atom. The van der Waals surface area contributed by atoms with Crippen molar-refractivity contribution in [2.24, 2.45) is 11.5 Å². The van der Waals surface area contributed by atoms with Crippen molar-refractivity contribution in [1.29, 1.82) is 0 Å². The zero-order valence-corrected chi connectivity index (χ0v) is 15.9. The predicted molar refractivity (Wildman–Crippen MR) is 97.3 cm³/mol. The highest BCUT2D eigenvalue weighted by Gasteiger charge is 2.30. The number of carboxylic acid groups (broad SMARTS) is 1.